The second-order valence-electron chi connectivity index (χ2n) is 4.82. The molecule has 1 saturated heterocycles. The van der Waals surface area contributed by atoms with Crippen molar-refractivity contribution >= 4 is 5.95 Å². The average molecular weight is 288 g/mol. The van der Waals surface area contributed by atoms with Crippen LogP contribution >= 0.6 is 0 Å². The first-order valence-electron chi connectivity index (χ1n) is 6.56. The number of rotatable bonds is 1. The van der Waals surface area contributed by atoms with Gasteiger partial charge in [-0.25, -0.2) is 9.97 Å². The van der Waals surface area contributed by atoms with Crippen molar-refractivity contribution in [1.82, 2.24) is 15.3 Å². The fourth-order valence-corrected chi connectivity index (χ4v) is 2.49. The number of halogens is 3. The Balaban J connectivity index is 2.03. The number of anilines is 1. The molecule has 8 heteroatoms. The summed E-state index contributed by atoms with van der Waals surface area (Å²) in [6.07, 6.45) is -4.13. The van der Waals surface area contributed by atoms with E-state index in [0.717, 1.165) is 0 Å². The molecule has 3 heterocycles. The van der Waals surface area contributed by atoms with Crippen LogP contribution in [0.1, 0.15) is 17.0 Å². The van der Waals surface area contributed by atoms with Crippen molar-refractivity contribution in [3.8, 4) is 0 Å². The van der Waals surface area contributed by atoms with Crippen LogP contribution in [-0.2, 0) is 23.9 Å². The number of hydrogen-bond acceptors (Lipinski definition) is 5. The maximum atomic E-state index is 13.2. The molecular weight excluding hydrogens is 273 g/mol. The van der Waals surface area contributed by atoms with Gasteiger partial charge >= 0.3 is 6.18 Å². The molecule has 110 valence electrons. The summed E-state index contributed by atoms with van der Waals surface area (Å²) in [5, 5.41) is 3.05. The fourth-order valence-electron chi connectivity index (χ4n) is 2.49. The second-order valence-corrected chi connectivity index (χ2v) is 4.82. The Bertz CT molecular complexity index is 500. The molecule has 0 radical (unpaired) electrons. The highest BCUT2D eigenvalue weighted by atomic mass is 19.4. The summed E-state index contributed by atoms with van der Waals surface area (Å²) >= 11 is 0. The maximum Gasteiger partial charge on any atom is 0.433 e. The molecule has 1 aromatic heterocycles. The van der Waals surface area contributed by atoms with Gasteiger partial charge in [-0.15, -0.1) is 0 Å². The zero-order valence-electron chi connectivity index (χ0n) is 10.8. The first kappa shape index (κ1) is 13.6. The van der Waals surface area contributed by atoms with Gasteiger partial charge in [0.15, 0.2) is 5.69 Å². The Morgan fingerprint density at radius 2 is 1.90 bits per heavy atom. The van der Waals surface area contributed by atoms with Crippen LogP contribution in [0.3, 0.4) is 0 Å². The Labute approximate surface area is 114 Å². The molecule has 0 saturated carbocycles. The molecule has 0 bridgehead atoms. The van der Waals surface area contributed by atoms with Gasteiger partial charge in [-0.1, -0.05) is 0 Å². The number of fused-ring (bicyclic) bond motifs is 1. The maximum absolute atomic E-state index is 13.2. The molecule has 2 aliphatic heterocycles. The summed E-state index contributed by atoms with van der Waals surface area (Å²) in [4.78, 5) is 9.84. The van der Waals surface area contributed by atoms with Crippen molar-refractivity contribution in [2.75, 3.05) is 37.7 Å². The number of ether oxygens (including phenoxy) is 1. The molecule has 0 aliphatic carbocycles. The van der Waals surface area contributed by atoms with Crippen molar-refractivity contribution in [2.45, 2.75) is 19.1 Å². The smallest absolute Gasteiger partial charge is 0.378 e. The van der Waals surface area contributed by atoms with Crippen LogP contribution < -0.4 is 10.2 Å². The van der Waals surface area contributed by atoms with Crippen LogP contribution in [0.15, 0.2) is 0 Å². The predicted molar refractivity (Wildman–Crippen MR) is 65.5 cm³/mol. The summed E-state index contributed by atoms with van der Waals surface area (Å²) in [6, 6.07) is 0. The van der Waals surface area contributed by atoms with Crippen LogP contribution in [-0.4, -0.2) is 42.8 Å². The van der Waals surface area contributed by atoms with Gasteiger partial charge in [-0.2, -0.15) is 13.2 Å². The highest BCUT2D eigenvalue weighted by Crippen LogP contribution is 2.34. The fraction of sp³-hybridized carbons (Fsp3) is 0.667. The quantitative estimate of drug-likeness (QED) is 0.835. The number of morpholine rings is 1. The largest absolute Gasteiger partial charge is 0.433 e. The van der Waals surface area contributed by atoms with E-state index in [-0.39, 0.29) is 11.5 Å². The minimum atomic E-state index is -4.44. The lowest BCUT2D eigenvalue weighted by Gasteiger charge is -2.29. The molecule has 1 fully saturated rings. The SMILES string of the molecule is FC(F)(F)c1nc(N2CCOCC2)nc2c1CCNC2. The molecule has 0 atom stereocenters. The van der Waals surface area contributed by atoms with E-state index in [2.05, 4.69) is 15.3 Å². The Morgan fingerprint density at radius 1 is 1.15 bits per heavy atom. The highest BCUT2D eigenvalue weighted by molar-refractivity contribution is 5.39. The summed E-state index contributed by atoms with van der Waals surface area (Å²) < 4.78 is 44.7. The summed E-state index contributed by atoms with van der Waals surface area (Å²) in [6.45, 7) is 2.89. The third-order valence-corrected chi connectivity index (χ3v) is 3.49. The Hall–Kier alpha value is -1.41. The molecule has 5 nitrogen and oxygen atoms in total. The van der Waals surface area contributed by atoms with Crippen LogP contribution in [0, 0.1) is 0 Å². The van der Waals surface area contributed by atoms with Crippen LogP contribution in [0.5, 0.6) is 0 Å². The van der Waals surface area contributed by atoms with Gasteiger partial charge in [0.05, 0.1) is 18.9 Å². The number of aromatic nitrogens is 2. The van der Waals surface area contributed by atoms with E-state index in [4.69, 9.17) is 4.74 Å². The van der Waals surface area contributed by atoms with Crippen molar-refractivity contribution in [3.05, 3.63) is 17.0 Å². The zero-order chi connectivity index (χ0) is 14.2. The van der Waals surface area contributed by atoms with Gasteiger partial charge in [-0.3, -0.25) is 0 Å². The molecule has 20 heavy (non-hydrogen) atoms. The van der Waals surface area contributed by atoms with Gasteiger partial charge in [0.1, 0.15) is 0 Å². The standard InChI is InChI=1S/C12H15F3N4O/c13-12(14,15)10-8-1-2-16-7-9(8)17-11(18-10)19-3-5-20-6-4-19/h16H,1-7H2. The summed E-state index contributed by atoms with van der Waals surface area (Å²) in [5.41, 5.74) is -0.0983. The van der Waals surface area contributed by atoms with Crippen molar-refractivity contribution in [3.63, 3.8) is 0 Å². The molecule has 0 unspecified atom stereocenters. The van der Waals surface area contributed by atoms with E-state index in [1.165, 1.54) is 0 Å². The lowest BCUT2D eigenvalue weighted by Crippen LogP contribution is -2.39. The van der Waals surface area contributed by atoms with Gasteiger partial charge in [0.25, 0.3) is 0 Å². The molecule has 0 amide bonds. The highest BCUT2D eigenvalue weighted by Gasteiger charge is 2.38. The zero-order valence-corrected chi connectivity index (χ0v) is 10.8. The number of alkyl halides is 3. The molecule has 0 spiro atoms. The molecule has 0 aromatic carbocycles. The van der Waals surface area contributed by atoms with Gasteiger partial charge < -0.3 is 15.0 Å². The first-order chi connectivity index (χ1) is 9.55. The predicted octanol–water partition coefficient (Wildman–Crippen LogP) is 0.978. The summed E-state index contributed by atoms with van der Waals surface area (Å²) in [7, 11) is 0. The Kier molecular flexibility index (Phi) is 3.51. The van der Waals surface area contributed by atoms with E-state index in [1.54, 1.807) is 4.90 Å². The third-order valence-electron chi connectivity index (χ3n) is 3.49. The molecule has 1 aromatic rings. The Morgan fingerprint density at radius 3 is 2.60 bits per heavy atom. The van der Waals surface area contributed by atoms with E-state index in [1.807, 2.05) is 0 Å². The van der Waals surface area contributed by atoms with E-state index >= 15 is 0 Å². The van der Waals surface area contributed by atoms with Crippen LogP contribution in [0.4, 0.5) is 19.1 Å². The van der Waals surface area contributed by atoms with E-state index < -0.39 is 11.9 Å². The number of hydrogen-bond donors (Lipinski definition) is 1. The third kappa shape index (κ3) is 2.57. The lowest BCUT2D eigenvalue weighted by molar-refractivity contribution is -0.142. The number of nitrogens with zero attached hydrogens (tertiary/aromatic N) is 3. The van der Waals surface area contributed by atoms with E-state index in [9.17, 15) is 13.2 Å². The lowest BCUT2D eigenvalue weighted by atomic mass is 10.0. The molecular formula is C12H15F3N4O. The van der Waals surface area contributed by atoms with Gasteiger partial charge in [0.2, 0.25) is 5.95 Å². The number of nitrogens with one attached hydrogen (secondary N) is 1. The van der Waals surface area contributed by atoms with Crippen molar-refractivity contribution in [1.29, 1.82) is 0 Å². The topological polar surface area (TPSA) is 50.3 Å². The van der Waals surface area contributed by atoms with Gasteiger partial charge in [0, 0.05) is 25.2 Å². The second kappa shape index (κ2) is 5.17. The molecule has 3 rings (SSSR count). The first-order valence-corrected chi connectivity index (χ1v) is 6.56. The monoisotopic (exact) mass is 288 g/mol. The van der Waals surface area contributed by atoms with E-state index in [0.29, 0.717) is 51.5 Å². The summed E-state index contributed by atoms with van der Waals surface area (Å²) in [5.74, 6) is 0.156. The van der Waals surface area contributed by atoms with Crippen molar-refractivity contribution < 1.29 is 17.9 Å². The normalized spacial score (nSPS) is 19.9. The van der Waals surface area contributed by atoms with Crippen molar-refractivity contribution in [2.24, 2.45) is 0 Å². The minimum absolute atomic E-state index is 0.156. The molecule has 2 aliphatic rings. The average Bonchev–Trinajstić information content (AvgIpc) is 2.46. The minimum Gasteiger partial charge on any atom is -0.378 e. The van der Waals surface area contributed by atoms with Crippen LogP contribution in [0.2, 0.25) is 0 Å². The van der Waals surface area contributed by atoms with Gasteiger partial charge in [-0.05, 0) is 13.0 Å². The van der Waals surface area contributed by atoms with Crippen LogP contribution in [0.25, 0.3) is 0 Å². The molecule has 1 N–H and O–H groups in total.